The number of primary amides is 1. The lowest BCUT2D eigenvalue weighted by molar-refractivity contribution is -0.127. The van der Waals surface area contributed by atoms with Crippen molar-refractivity contribution >= 4 is 17.9 Å². The van der Waals surface area contributed by atoms with Crippen LogP contribution in [0.2, 0.25) is 0 Å². The molecule has 2 rings (SSSR count). The number of hydrogen-bond acceptors (Lipinski definition) is 4. The van der Waals surface area contributed by atoms with Crippen LogP contribution in [0.1, 0.15) is 32.3 Å². The molecule has 0 aromatic heterocycles. The van der Waals surface area contributed by atoms with E-state index in [4.69, 9.17) is 15.2 Å². The van der Waals surface area contributed by atoms with Gasteiger partial charge in [0.1, 0.15) is 0 Å². The van der Waals surface area contributed by atoms with Crippen LogP contribution in [-0.4, -0.2) is 43.0 Å². The summed E-state index contributed by atoms with van der Waals surface area (Å²) in [6.07, 6.45) is 5.48. The van der Waals surface area contributed by atoms with Crippen molar-refractivity contribution in [3.63, 3.8) is 0 Å². The summed E-state index contributed by atoms with van der Waals surface area (Å²) in [5.74, 6) is 0.856. The SMILES string of the molecule is COc1cc(/C=C/C(=O)N2CCC[C@@H]2C(C)C)ccc1OCC(N)=O. The zero-order valence-corrected chi connectivity index (χ0v) is 15.0. The van der Waals surface area contributed by atoms with Crippen LogP contribution in [-0.2, 0) is 9.59 Å². The molecule has 0 aliphatic carbocycles. The zero-order valence-electron chi connectivity index (χ0n) is 15.0. The van der Waals surface area contributed by atoms with Crippen LogP contribution < -0.4 is 15.2 Å². The third kappa shape index (κ3) is 4.98. The van der Waals surface area contributed by atoms with Crippen LogP contribution in [0.25, 0.3) is 6.08 Å². The number of nitrogens with two attached hydrogens (primary N) is 1. The molecule has 1 atom stereocenters. The molecule has 6 nitrogen and oxygen atoms in total. The summed E-state index contributed by atoms with van der Waals surface area (Å²) < 4.78 is 10.6. The predicted molar refractivity (Wildman–Crippen MR) is 96.3 cm³/mol. The van der Waals surface area contributed by atoms with Crippen molar-refractivity contribution in [3.8, 4) is 11.5 Å². The Morgan fingerprint density at radius 3 is 2.76 bits per heavy atom. The minimum atomic E-state index is -0.554. The molecule has 2 N–H and O–H groups in total. The first kappa shape index (κ1) is 18.8. The van der Waals surface area contributed by atoms with Gasteiger partial charge in [-0.25, -0.2) is 0 Å². The lowest BCUT2D eigenvalue weighted by Crippen LogP contribution is -2.37. The number of hydrogen-bond donors (Lipinski definition) is 1. The number of nitrogens with zero attached hydrogens (tertiary/aromatic N) is 1. The quantitative estimate of drug-likeness (QED) is 0.768. The van der Waals surface area contributed by atoms with E-state index >= 15 is 0 Å². The maximum absolute atomic E-state index is 12.5. The molecule has 0 unspecified atom stereocenters. The maximum Gasteiger partial charge on any atom is 0.255 e. The summed E-state index contributed by atoms with van der Waals surface area (Å²) in [6, 6.07) is 5.56. The highest BCUT2D eigenvalue weighted by atomic mass is 16.5. The average Bonchev–Trinajstić information content (AvgIpc) is 3.08. The van der Waals surface area contributed by atoms with Crippen LogP contribution in [0.15, 0.2) is 24.3 Å². The Morgan fingerprint density at radius 1 is 1.36 bits per heavy atom. The van der Waals surface area contributed by atoms with Gasteiger partial charge in [-0.1, -0.05) is 19.9 Å². The molecule has 1 heterocycles. The second-order valence-electron chi connectivity index (χ2n) is 6.48. The Kier molecular flexibility index (Phi) is 6.44. The summed E-state index contributed by atoms with van der Waals surface area (Å²) in [5, 5.41) is 0. The van der Waals surface area contributed by atoms with Crippen LogP contribution in [0.5, 0.6) is 11.5 Å². The maximum atomic E-state index is 12.5. The Balaban J connectivity index is 2.07. The molecule has 1 aromatic carbocycles. The molecule has 0 radical (unpaired) electrons. The van der Waals surface area contributed by atoms with E-state index in [-0.39, 0.29) is 12.5 Å². The molecule has 2 amide bonds. The smallest absolute Gasteiger partial charge is 0.255 e. The van der Waals surface area contributed by atoms with Crippen LogP contribution in [0, 0.1) is 5.92 Å². The molecule has 0 spiro atoms. The van der Waals surface area contributed by atoms with Gasteiger partial charge in [0, 0.05) is 18.7 Å². The summed E-state index contributed by atoms with van der Waals surface area (Å²) >= 11 is 0. The first-order valence-corrected chi connectivity index (χ1v) is 8.50. The number of benzene rings is 1. The second kappa shape index (κ2) is 8.55. The highest BCUT2D eigenvalue weighted by molar-refractivity contribution is 5.92. The molecule has 6 heteroatoms. The van der Waals surface area contributed by atoms with Gasteiger partial charge in [-0.2, -0.15) is 0 Å². The first-order valence-electron chi connectivity index (χ1n) is 8.50. The molecule has 0 bridgehead atoms. The first-order chi connectivity index (χ1) is 11.9. The van der Waals surface area contributed by atoms with Gasteiger partial charge < -0.3 is 20.1 Å². The van der Waals surface area contributed by atoms with Gasteiger partial charge >= 0.3 is 0 Å². The Hall–Kier alpha value is -2.50. The highest BCUT2D eigenvalue weighted by Crippen LogP contribution is 2.29. The molecule has 1 saturated heterocycles. The van der Waals surface area contributed by atoms with Crippen molar-refractivity contribution < 1.29 is 19.1 Å². The number of amides is 2. The van der Waals surface area contributed by atoms with Crippen molar-refractivity contribution in [1.82, 2.24) is 4.90 Å². The fourth-order valence-corrected chi connectivity index (χ4v) is 3.08. The molecule has 1 aromatic rings. The lowest BCUT2D eigenvalue weighted by atomic mass is 10.0. The van der Waals surface area contributed by atoms with Gasteiger partial charge in [0.25, 0.3) is 5.91 Å². The van der Waals surface area contributed by atoms with E-state index in [9.17, 15) is 9.59 Å². The molecule has 0 saturated carbocycles. The summed E-state index contributed by atoms with van der Waals surface area (Å²) in [6.45, 7) is 4.90. The highest BCUT2D eigenvalue weighted by Gasteiger charge is 2.29. The van der Waals surface area contributed by atoms with Gasteiger partial charge in [0.2, 0.25) is 5.91 Å². The third-order valence-corrected chi connectivity index (χ3v) is 4.33. The molecule has 1 fully saturated rings. The lowest BCUT2D eigenvalue weighted by Gasteiger charge is -2.26. The van der Waals surface area contributed by atoms with Gasteiger partial charge in [0.05, 0.1) is 7.11 Å². The van der Waals surface area contributed by atoms with Gasteiger partial charge in [-0.15, -0.1) is 0 Å². The molecular weight excluding hydrogens is 320 g/mol. The van der Waals surface area contributed by atoms with Crippen molar-refractivity contribution in [1.29, 1.82) is 0 Å². The van der Waals surface area contributed by atoms with E-state index in [2.05, 4.69) is 13.8 Å². The molecule has 1 aliphatic heterocycles. The zero-order chi connectivity index (χ0) is 18.4. The molecule has 1 aliphatic rings. The van der Waals surface area contributed by atoms with Crippen molar-refractivity contribution in [2.75, 3.05) is 20.3 Å². The summed E-state index contributed by atoms with van der Waals surface area (Å²) in [4.78, 5) is 25.2. The normalized spacial score (nSPS) is 17.3. The second-order valence-corrected chi connectivity index (χ2v) is 6.48. The van der Waals surface area contributed by atoms with E-state index in [1.54, 1.807) is 30.4 Å². The topological polar surface area (TPSA) is 81.9 Å². The standard InChI is InChI=1S/C19H26N2O4/c1-13(2)15-5-4-10-21(15)19(23)9-7-14-6-8-16(17(11-14)24-3)25-12-18(20)22/h6-9,11,13,15H,4-5,10,12H2,1-3H3,(H2,20,22)/b9-7+/t15-/m1/s1. The van der Waals surface area contributed by atoms with Crippen LogP contribution in [0.3, 0.4) is 0 Å². The number of carbonyl (C=O) groups excluding carboxylic acids is 2. The van der Waals surface area contributed by atoms with Crippen molar-refractivity contribution in [3.05, 3.63) is 29.8 Å². The van der Waals surface area contributed by atoms with Gasteiger partial charge in [-0.3, -0.25) is 9.59 Å². The monoisotopic (exact) mass is 346 g/mol. The predicted octanol–water partition coefficient (Wildman–Crippen LogP) is 2.22. The molecule has 136 valence electrons. The van der Waals surface area contributed by atoms with E-state index < -0.39 is 5.91 Å². The van der Waals surface area contributed by atoms with E-state index in [1.807, 2.05) is 4.90 Å². The van der Waals surface area contributed by atoms with E-state index in [0.717, 1.165) is 24.9 Å². The summed E-state index contributed by atoms with van der Waals surface area (Å²) in [5.41, 5.74) is 5.89. The largest absolute Gasteiger partial charge is 0.493 e. The fourth-order valence-electron chi connectivity index (χ4n) is 3.08. The van der Waals surface area contributed by atoms with E-state index in [1.165, 1.54) is 7.11 Å². The van der Waals surface area contributed by atoms with Crippen molar-refractivity contribution in [2.24, 2.45) is 11.7 Å². The number of methoxy groups -OCH3 is 1. The average molecular weight is 346 g/mol. The Morgan fingerprint density at radius 2 is 2.12 bits per heavy atom. The van der Waals surface area contributed by atoms with Gasteiger partial charge in [-0.05, 0) is 42.5 Å². The van der Waals surface area contributed by atoms with Crippen LogP contribution in [0.4, 0.5) is 0 Å². The minimum Gasteiger partial charge on any atom is -0.493 e. The molecular formula is C19H26N2O4. The summed E-state index contributed by atoms with van der Waals surface area (Å²) in [7, 11) is 1.52. The number of ether oxygens (including phenoxy) is 2. The minimum absolute atomic E-state index is 0.0317. The van der Waals surface area contributed by atoms with Crippen LogP contribution >= 0.6 is 0 Å². The fraction of sp³-hybridized carbons (Fsp3) is 0.474. The van der Waals surface area contributed by atoms with Gasteiger partial charge in [0.15, 0.2) is 18.1 Å². The number of likely N-dealkylation sites (tertiary alicyclic amines) is 1. The third-order valence-electron chi connectivity index (χ3n) is 4.33. The number of carbonyl (C=O) groups is 2. The van der Waals surface area contributed by atoms with E-state index in [0.29, 0.717) is 23.5 Å². The Labute approximate surface area is 148 Å². The Bertz CT molecular complexity index is 655. The molecule has 25 heavy (non-hydrogen) atoms. The van der Waals surface area contributed by atoms with Crippen molar-refractivity contribution in [2.45, 2.75) is 32.7 Å². The number of rotatable bonds is 7.